The summed E-state index contributed by atoms with van der Waals surface area (Å²) in [4.78, 5) is 0.148. The maximum absolute atomic E-state index is 12.6. The number of aryl methyl sites for hydroxylation is 1. The average molecular weight is 392 g/mol. The van der Waals surface area contributed by atoms with Gasteiger partial charge in [0.05, 0.1) is 17.2 Å². The van der Waals surface area contributed by atoms with Gasteiger partial charge in [-0.1, -0.05) is 23.7 Å². The monoisotopic (exact) mass is 391 g/mol. The van der Waals surface area contributed by atoms with Crippen LogP contribution in [-0.4, -0.2) is 25.2 Å². The largest absolute Gasteiger partial charge is 0.494 e. The van der Waals surface area contributed by atoms with Gasteiger partial charge in [0.15, 0.2) is 5.82 Å². The first kappa shape index (κ1) is 18.3. The Bertz CT molecular complexity index is 1010. The Morgan fingerprint density at radius 3 is 2.54 bits per heavy atom. The van der Waals surface area contributed by atoms with E-state index in [2.05, 4.69) is 14.9 Å². The van der Waals surface area contributed by atoms with Gasteiger partial charge in [-0.3, -0.25) is 9.82 Å². The smallest absolute Gasteiger partial charge is 0.263 e. The number of anilines is 1. The first-order valence-corrected chi connectivity index (χ1v) is 9.83. The standard InChI is InChI=1S/C18H18ClN3O3S/c1-3-25-17-9-8-15(10-12(17)2)26(23,24)22-18-11-16(20-21-18)13-4-6-14(19)7-5-13/h4-11H,3H2,1-2H3,(H2,20,21,22). The third-order valence-electron chi connectivity index (χ3n) is 3.73. The van der Waals surface area contributed by atoms with Crippen molar-refractivity contribution in [3.63, 3.8) is 0 Å². The maximum atomic E-state index is 12.6. The molecule has 136 valence electrons. The zero-order chi connectivity index (χ0) is 18.7. The van der Waals surface area contributed by atoms with E-state index in [1.807, 2.05) is 19.1 Å². The van der Waals surface area contributed by atoms with Crippen LogP contribution >= 0.6 is 11.6 Å². The zero-order valence-corrected chi connectivity index (χ0v) is 15.9. The van der Waals surface area contributed by atoms with Crippen LogP contribution in [0.2, 0.25) is 5.02 Å². The first-order valence-electron chi connectivity index (χ1n) is 7.96. The fourth-order valence-corrected chi connectivity index (χ4v) is 3.66. The van der Waals surface area contributed by atoms with E-state index in [0.717, 1.165) is 11.1 Å². The number of aromatic nitrogens is 2. The first-order chi connectivity index (χ1) is 12.4. The van der Waals surface area contributed by atoms with Crippen LogP contribution in [0.4, 0.5) is 5.82 Å². The molecule has 6 nitrogen and oxygen atoms in total. The van der Waals surface area contributed by atoms with Crippen LogP contribution in [0, 0.1) is 6.92 Å². The normalized spacial score (nSPS) is 11.3. The highest BCUT2D eigenvalue weighted by molar-refractivity contribution is 7.92. The van der Waals surface area contributed by atoms with Crippen LogP contribution in [0.5, 0.6) is 5.75 Å². The van der Waals surface area contributed by atoms with E-state index in [-0.39, 0.29) is 10.7 Å². The molecule has 3 aromatic rings. The Morgan fingerprint density at radius 1 is 1.15 bits per heavy atom. The Hall–Kier alpha value is -2.51. The molecule has 0 bridgehead atoms. The van der Waals surface area contributed by atoms with E-state index in [1.165, 1.54) is 6.07 Å². The van der Waals surface area contributed by atoms with Crippen molar-refractivity contribution in [3.05, 3.63) is 59.1 Å². The lowest BCUT2D eigenvalue weighted by Gasteiger charge is -2.10. The molecule has 2 aromatic carbocycles. The number of sulfonamides is 1. The summed E-state index contributed by atoms with van der Waals surface area (Å²) < 4.78 is 33.1. The van der Waals surface area contributed by atoms with E-state index >= 15 is 0 Å². The van der Waals surface area contributed by atoms with E-state index in [0.29, 0.717) is 23.1 Å². The van der Waals surface area contributed by atoms with Crippen LogP contribution in [0.25, 0.3) is 11.3 Å². The predicted octanol–water partition coefficient (Wildman–Crippen LogP) is 4.24. The molecule has 0 aliphatic heterocycles. The topological polar surface area (TPSA) is 84.1 Å². The molecule has 0 fully saturated rings. The number of benzene rings is 2. The Labute approximate surface area is 157 Å². The molecule has 1 heterocycles. The van der Waals surface area contributed by atoms with Gasteiger partial charge in [-0.25, -0.2) is 8.42 Å². The average Bonchev–Trinajstić information content (AvgIpc) is 3.05. The summed E-state index contributed by atoms with van der Waals surface area (Å²) in [7, 11) is -3.75. The van der Waals surface area contributed by atoms with E-state index in [4.69, 9.17) is 16.3 Å². The molecule has 0 spiro atoms. The van der Waals surface area contributed by atoms with Gasteiger partial charge in [-0.15, -0.1) is 0 Å². The highest BCUT2D eigenvalue weighted by Gasteiger charge is 2.17. The van der Waals surface area contributed by atoms with Gasteiger partial charge in [-0.05, 0) is 55.3 Å². The van der Waals surface area contributed by atoms with Crippen molar-refractivity contribution < 1.29 is 13.2 Å². The molecule has 8 heteroatoms. The Kier molecular flexibility index (Phi) is 5.20. The van der Waals surface area contributed by atoms with Crippen molar-refractivity contribution in [1.82, 2.24) is 10.2 Å². The van der Waals surface area contributed by atoms with Crippen molar-refractivity contribution >= 4 is 27.4 Å². The second-order valence-corrected chi connectivity index (χ2v) is 7.76. The van der Waals surface area contributed by atoms with Crippen molar-refractivity contribution in [3.8, 4) is 17.0 Å². The summed E-state index contributed by atoms with van der Waals surface area (Å²) >= 11 is 5.88. The van der Waals surface area contributed by atoms with Crippen LogP contribution < -0.4 is 9.46 Å². The summed E-state index contributed by atoms with van der Waals surface area (Å²) in [5, 5.41) is 7.46. The van der Waals surface area contributed by atoms with Gasteiger partial charge in [0.2, 0.25) is 0 Å². The molecule has 26 heavy (non-hydrogen) atoms. The van der Waals surface area contributed by atoms with Crippen LogP contribution in [0.15, 0.2) is 53.4 Å². The lowest BCUT2D eigenvalue weighted by molar-refractivity contribution is 0.337. The molecule has 0 atom stereocenters. The summed E-state index contributed by atoms with van der Waals surface area (Å²) in [6.07, 6.45) is 0. The minimum absolute atomic E-state index is 0.148. The number of H-pyrrole nitrogens is 1. The molecule has 2 N–H and O–H groups in total. The SMILES string of the molecule is CCOc1ccc(S(=O)(=O)Nc2cc(-c3ccc(Cl)cc3)[nH]n2)cc1C. The second-order valence-electron chi connectivity index (χ2n) is 5.64. The van der Waals surface area contributed by atoms with Crippen LogP contribution in [0.1, 0.15) is 12.5 Å². The fraction of sp³-hybridized carbons (Fsp3) is 0.167. The third-order valence-corrected chi connectivity index (χ3v) is 5.33. The predicted molar refractivity (Wildman–Crippen MR) is 102 cm³/mol. The number of nitrogens with zero attached hydrogens (tertiary/aromatic N) is 1. The van der Waals surface area contributed by atoms with Gasteiger partial charge in [-0.2, -0.15) is 5.10 Å². The lowest BCUT2D eigenvalue weighted by atomic mass is 10.1. The Morgan fingerprint density at radius 2 is 1.88 bits per heavy atom. The number of hydrogen-bond acceptors (Lipinski definition) is 4. The van der Waals surface area contributed by atoms with E-state index in [9.17, 15) is 8.42 Å². The second kappa shape index (κ2) is 7.39. The fourth-order valence-electron chi connectivity index (χ4n) is 2.45. The lowest BCUT2D eigenvalue weighted by Crippen LogP contribution is -2.13. The summed E-state index contributed by atoms with van der Waals surface area (Å²) in [5.74, 6) is 0.873. The summed E-state index contributed by atoms with van der Waals surface area (Å²) in [6, 6.07) is 13.5. The molecule has 0 aliphatic carbocycles. The van der Waals surface area contributed by atoms with Gasteiger partial charge in [0.25, 0.3) is 10.0 Å². The number of aromatic amines is 1. The molecule has 1 aromatic heterocycles. The van der Waals surface area contributed by atoms with Gasteiger partial charge >= 0.3 is 0 Å². The van der Waals surface area contributed by atoms with Gasteiger partial charge in [0.1, 0.15) is 5.75 Å². The number of halogens is 1. The highest BCUT2D eigenvalue weighted by Crippen LogP contribution is 2.25. The highest BCUT2D eigenvalue weighted by atomic mass is 35.5. The Balaban J connectivity index is 1.82. The van der Waals surface area contributed by atoms with Crippen LogP contribution in [-0.2, 0) is 10.0 Å². The molecule has 0 aliphatic rings. The number of hydrogen-bond donors (Lipinski definition) is 2. The van der Waals surface area contributed by atoms with Crippen LogP contribution in [0.3, 0.4) is 0 Å². The van der Waals surface area contributed by atoms with Gasteiger partial charge in [0, 0.05) is 11.1 Å². The van der Waals surface area contributed by atoms with Crippen molar-refractivity contribution in [1.29, 1.82) is 0 Å². The molecule has 0 saturated carbocycles. The number of nitrogens with one attached hydrogen (secondary N) is 2. The number of rotatable bonds is 6. The molecule has 0 radical (unpaired) electrons. The molecule has 0 unspecified atom stereocenters. The van der Waals surface area contributed by atoms with E-state index in [1.54, 1.807) is 37.3 Å². The van der Waals surface area contributed by atoms with Crippen molar-refractivity contribution in [2.24, 2.45) is 0 Å². The van der Waals surface area contributed by atoms with E-state index < -0.39 is 10.0 Å². The summed E-state index contributed by atoms with van der Waals surface area (Å²) in [5.41, 5.74) is 2.28. The molecule has 0 amide bonds. The maximum Gasteiger partial charge on any atom is 0.263 e. The molecule has 3 rings (SSSR count). The minimum atomic E-state index is -3.75. The zero-order valence-electron chi connectivity index (χ0n) is 14.3. The van der Waals surface area contributed by atoms with Crippen molar-refractivity contribution in [2.75, 3.05) is 11.3 Å². The number of ether oxygens (including phenoxy) is 1. The minimum Gasteiger partial charge on any atom is -0.494 e. The quantitative estimate of drug-likeness (QED) is 0.658. The van der Waals surface area contributed by atoms with Gasteiger partial charge < -0.3 is 4.74 Å². The summed E-state index contributed by atoms with van der Waals surface area (Å²) in [6.45, 7) is 4.20. The molecule has 0 saturated heterocycles. The van der Waals surface area contributed by atoms with Crippen molar-refractivity contribution in [2.45, 2.75) is 18.7 Å². The molecular weight excluding hydrogens is 374 g/mol. The molecular formula is C18H18ClN3O3S. The third kappa shape index (κ3) is 4.00.